The molecule has 1 amide bonds. The van der Waals surface area contributed by atoms with E-state index in [-0.39, 0.29) is 12.5 Å². The van der Waals surface area contributed by atoms with Crippen LogP contribution >= 0.6 is 0 Å². The summed E-state index contributed by atoms with van der Waals surface area (Å²) in [5, 5.41) is 3.91. The first-order valence-electron chi connectivity index (χ1n) is 6.59. The summed E-state index contributed by atoms with van der Waals surface area (Å²) in [4.78, 5) is 11.5. The molecule has 0 radical (unpaired) electrons. The summed E-state index contributed by atoms with van der Waals surface area (Å²) in [6.07, 6.45) is 9.08. The molecule has 1 aliphatic rings. The average molecular weight is 276 g/mol. The van der Waals surface area contributed by atoms with Gasteiger partial charge in [-0.3, -0.25) is 4.79 Å². The maximum atomic E-state index is 12.9. The van der Waals surface area contributed by atoms with Crippen LogP contribution in [0.15, 0.2) is 41.5 Å². The van der Waals surface area contributed by atoms with Crippen molar-refractivity contribution in [3.63, 3.8) is 0 Å². The summed E-state index contributed by atoms with van der Waals surface area (Å²) in [6, 6.07) is 5.66. The van der Waals surface area contributed by atoms with Gasteiger partial charge in [-0.1, -0.05) is 18.2 Å². The third kappa shape index (κ3) is 4.84. The molecule has 0 heterocycles. The van der Waals surface area contributed by atoms with Crippen LogP contribution in [0.1, 0.15) is 19.3 Å². The van der Waals surface area contributed by atoms with Crippen molar-refractivity contribution in [3.05, 3.63) is 42.2 Å². The average Bonchev–Trinajstić information content (AvgIpc) is 2.46. The van der Waals surface area contributed by atoms with E-state index in [1.807, 2.05) is 0 Å². The number of allylic oxidation sites excluding steroid dienone is 2. The number of hydrazone groups is 1. The molecule has 2 rings (SSSR count). The van der Waals surface area contributed by atoms with Gasteiger partial charge in [-0.2, -0.15) is 5.10 Å². The highest BCUT2D eigenvalue weighted by Gasteiger charge is 2.07. The monoisotopic (exact) mass is 276 g/mol. The quantitative estimate of drug-likeness (QED) is 0.510. The second kappa shape index (κ2) is 7.43. The van der Waals surface area contributed by atoms with Crippen molar-refractivity contribution in [1.29, 1.82) is 0 Å². The molecule has 106 valence electrons. The second-order valence-electron chi connectivity index (χ2n) is 4.60. The Labute approximate surface area is 117 Å². The molecule has 0 aromatic heterocycles. The molecule has 1 atom stereocenters. The number of carbonyl (C=O) groups excluding carboxylic acids is 1. The molecular weight excluding hydrogens is 259 g/mol. The van der Waals surface area contributed by atoms with Crippen LogP contribution in [0.5, 0.6) is 5.75 Å². The number of ether oxygens (including phenoxy) is 1. The Balaban J connectivity index is 1.70. The van der Waals surface area contributed by atoms with Crippen molar-refractivity contribution in [2.24, 2.45) is 11.0 Å². The third-order valence-electron chi connectivity index (χ3n) is 2.95. The number of halogens is 1. The SMILES string of the molecule is O=C(COc1cccc(F)c1)N/N=C\[C@@H]1CC=CCC1. The van der Waals surface area contributed by atoms with Gasteiger partial charge in [0.25, 0.3) is 5.91 Å². The summed E-state index contributed by atoms with van der Waals surface area (Å²) < 4.78 is 18.0. The normalized spacial score (nSPS) is 18.1. The zero-order valence-corrected chi connectivity index (χ0v) is 11.1. The van der Waals surface area contributed by atoms with Gasteiger partial charge in [0.15, 0.2) is 6.61 Å². The first-order chi connectivity index (χ1) is 9.74. The minimum atomic E-state index is -0.397. The van der Waals surface area contributed by atoms with Crippen LogP contribution in [0.25, 0.3) is 0 Å². The molecule has 4 nitrogen and oxygen atoms in total. The van der Waals surface area contributed by atoms with Crippen LogP contribution in [-0.4, -0.2) is 18.7 Å². The van der Waals surface area contributed by atoms with E-state index in [1.165, 1.54) is 18.2 Å². The van der Waals surface area contributed by atoms with Gasteiger partial charge < -0.3 is 4.74 Å². The van der Waals surface area contributed by atoms with Crippen LogP contribution in [0.3, 0.4) is 0 Å². The van der Waals surface area contributed by atoms with Crippen molar-refractivity contribution in [2.75, 3.05) is 6.61 Å². The lowest BCUT2D eigenvalue weighted by atomic mass is 9.96. The number of hydrogen-bond donors (Lipinski definition) is 1. The molecule has 1 aromatic carbocycles. The summed E-state index contributed by atoms with van der Waals surface area (Å²) in [7, 11) is 0. The number of amides is 1. The van der Waals surface area contributed by atoms with Crippen LogP contribution in [-0.2, 0) is 4.79 Å². The van der Waals surface area contributed by atoms with Crippen LogP contribution in [0.2, 0.25) is 0 Å². The zero-order valence-electron chi connectivity index (χ0n) is 11.1. The molecule has 0 unspecified atom stereocenters. The molecule has 1 aliphatic carbocycles. The Morgan fingerprint density at radius 2 is 2.40 bits per heavy atom. The van der Waals surface area contributed by atoms with Gasteiger partial charge in [0.2, 0.25) is 0 Å². The molecule has 0 aliphatic heterocycles. The highest BCUT2D eigenvalue weighted by atomic mass is 19.1. The topological polar surface area (TPSA) is 50.7 Å². The molecule has 0 saturated carbocycles. The van der Waals surface area contributed by atoms with Crippen molar-refractivity contribution in [3.8, 4) is 5.75 Å². The van der Waals surface area contributed by atoms with Gasteiger partial charge in [-0.25, -0.2) is 9.82 Å². The molecule has 0 bridgehead atoms. The Morgan fingerprint density at radius 3 is 3.15 bits per heavy atom. The van der Waals surface area contributed by atoms with E-state index in [4.69, 9.17) is 4.74 Å². The van der Waals surface area contributed by atoms with Gasteiger partial charge in [0, 0.05) is 12.3 Å². The largest absolute Gasteiger partial charge is 0.484 e. The van der Waals surface area contributed by atoms with E-state index in [0.29, 0.717) is 11.7 Å². The van der Waals surface area contributed by atoms with E-state index in [1.54, 1.807) is 12.3 Å². The molecule has 20 heavy (non-hydrogen) atoms. The number of nitrogens with one attached hydrogen (secondary N) is 1. The molecule has 1 N–H and O–H groups in total. The van der Waals surface area contributed by atoms with Crippen LogP contribution < -0.4 is 10.2 Å². The Kier molecular flexibility index (Phi) is 5.29. The molecule has 0 spiro atoms. The van der Waals surface area contributed by atoms with Crippen molar-refractivity contribution in [1.82, 2.24) is 5.43 Å². The van der Waals surface area contributed by atoms with Crippen molar-refractivity contribution >= 4 is 12.1 Å². The van der Waals surface area contributed by atoms with E-state index >= 15 is 0 Å². The lowest BCUT2D eigenvalue weighted by molar-refractivity contribution is -0.123. The Bertz CT molecular complexity index is 514. The van der Waals surface area contributed by atoms with Gasteiger partial charge in [0.05, 0.1) is 0 Å². The fourth-order valence-electron chi connectivity index (χ4n) is 1.91. The summed E-state index contributed by atoms with van der Waals surface area (Å²) in [5.41, 5.74) is 2.40. The fourth-order valence-corrected chi connectivity index (χ4v) is 1.91. The van der Waals surface area contributed by atoms with Crippen LogP contribution in [0.4, 0.5) is 4.39 Å². The molecule has 5 heteroatoms. The minimum Gasteiger partial charge on any atom is -0.484 e. The highest BCUT2D eigenvalue weighted by Crippen LogP contribution is 2.15. The number of rotatable bonds is 5. The fraction of sp³-hybridized carbons (Fsp3) is 0.333. The van der Waals surface area contributed by atoms with E-state index in [0.717, 1.165) is 19.3 Å². The number of hydrogen-bond acceptors (Lipinski definition) is 3. The predicted octanol–water partition coefficient (Wildman–Crippen LogP) is 2.66. The smallest absolute Gasteiger partial charge is 0.277 e. The van der Waals surface area contributed by atoms with Gasteiger partial charge >= 0.3 is 0 Å². The van der Waals surface area contributed by atoms with Crippen LogP contribution in [0, 0.1) is 11.7 Å². The van der Waals surface area contributed by atoms with Gasteiger partial charge in [-0.15, -0.1) is 0 Å². The first kappa shape index (κ1) is 14.2. The Hall–Kier alpha value is -2.17. The molecular formula is C15H17FN2O2. The summed E-state index contributed by atoms with van der Waals surface area (Å²) in [5.74, 6) is -0.0610. The summed E-state index contributed by atoms with van der Waals surface area (Å²) >= 11 is 0. The summed E-state index contributed by atoms with van der Waals surface area (Å²) in [6.45, 7) is -0.189. The number of nitrogens with zero attached hydrogens (tertiary/aromatic N) is 1. The second-order valence-corrected chi connectivity index (χ2v) is 4.60. The van der Waals surface area contributed by atoms with Gasteiger partial charge in [-0.05, 0) is 37.3 Å². The van der Waals surface area contributed by atoms with Crippen molar-refractivity contribution < 1.29 is 13.9 Å². The van der Waals surface area contributed by atoms with Crippen molar-refractivity contribution in [2.45, 2.75) is 19.3 Å². The lowest BCUT2D eigenvalue weighted by Crippen LogP contribution is -2.25. The first-order valence-corrected chi connectivity index (χ1v) is 6.59. The predicted molar refractivity (Wildman–Crippen MR) is 75.0 cm³/mol. The minimum absolute atomic E-state index is 0.189. The Morgan fingerprint density at radius 1 is 1.50 bits per heavy atom. The third-order valence-corrected chi connectivity index (χ3v) is 2.95. The standard InChI is InChI=1S/C15H17FN2O2/c16-13-7-4-8-14(9-13)20-11-15(19)18-17-10-12-5-2-1-3-6-12/h1-2,4,7-10,12H,3,5-6,11H2,(H,18,19)/b17-10-/t12-/m1/s1. The zero-order chi connectivity index (χ0) is 14.2. The van der Waals surface area contributed by atoms with E-state index in [2.05, 4.69) is 22.7 Å². The molecule has 0 saturated heterocycles. The maximum Gasteiger partial charge on any atom is 0.277 e. The molecule has 0 fully saturated rings. The maximum absolute atomic E-state index is 12.9. The van der Waals surface area contributed by atoms with E-state index < -0.39 is 5.82 Å². The van der Waals surface area contributed by atoms with E-state index in [9.17, 15) is 9.18 Å². The highest BCUT2D eigenvalue weighted by molar-refractivity contribution is 5.78. The van der Waals surface area contributed by atoms with Gasteiger partial charge in [0.1, 0.15) is 11.6 Å². The lowest BCUT2D eigenvalue weighted by Gasteiger charge is -2.11. The number of benzene rings is 1. The number of carbonyl (C=O) groups is 1. The molecule has 1 aromatic rings.